The number of methoxy groups -OCH3 is 3. The summed E-state index contributed by atoms with van der Waals surface area (Å²) >= 11 is 0. The standard InChI is InChI=1S/C59H93NO16/c1-37-17-12-11-13-18-38(2)50(74-28-27-72-46-35-71-36-46)33-45-22-20-43(7)59(70-10,76-45)56(65)57(66)60-24-15-14-19-47(60)58(67)75-51(40(4)31-44-21-23-49(52(32-44)68-8)73-26-16-25-61)34-48(62)39(3)30-42(6)54(64)55(69-9)53(63)41(5)29-37/h11-13,17-18,30,37,39-41,43-47,49-52,54-55,61,64H,14-16,19-29,31-36H2,1-10H3/b13-11+,17-12+,38-18+,42-30+/t37-,39?,40-,41-,43-,44+,45+,47+,49-,50-,51+,52-,54-,55+,59-/m1/s1. The van der Waals surface area contributed by atoms with Crippen LogP contribution in [0.15, 0.2) is 47.6 Å². The zero-order chi connectivity index (χ0) is 55.5. The molecular formula is C59H93NO16. The van der Waals surface area contributed by atoms with Crippen LogP contribution in [0.5, 0.6) is 0 Å². The lowest BCUT2D eigenvalue weighted by Crippen LogP contribution is -2.61. The van der Waals surface area contributed by atoms with Gasteiger partial charge in [-0.1, -0.05) is 71.1 Å². The van der Waals surface area contributed by atoms with Crippen molar-refractivity contribution in [1.29, 1.82) is 0 Å². The highest BCUT2D eigenvalue weighted by atomic mass is 16.7. The highest BCUT2D eigenvalue weighted by molar-refractivity contribution is 6.39. The zero-order valence-corrected chi connectivity index (χ0v) is 47.3. The Morgan fingerprint density at radius 2 is 1.57 bits per heavy atom. The van der Waals surface area contributed by atoms with Crippen molar-refractivity contribution in [3.05, 3.63) is 47.6 Å². The number of ketones is 3. The van der Waals surface area contributed by atoms with Gasteiger partial charge in [-0.15, -0.1) is 0 Å². The third kappa shape index (κ3) is 17.5. The molecule has 1 aliphatic carbocycles. The Labute approximate surface area is 452 Å². The Bertz CT molecular complexity index is 2000. The van der Waals surface area contributed by atoms with Crippen molar-refractivity contribution in [3.63, 3.8) is 0 Å². The summed E-state index contributed by atoms with van der Waals surface area (Å²) in [5.41, 5.74) is 1.30. The van der Waals surface area contributed by atoms with Crippen LogP contribution in [-0.2, 0) is 66.6 Å². The van der Waals surface area contributed by atoms with Gasteiger partial charge >= 0.3 is 5.97 Å². The van der Waals surface area contributed by atoms with E-state index in [1.807, 2.05) is 65.0 Å². The Balaban J connectivity index is 1.47. The molecule has 1 saturated carbocycles. The Morgan fingerprint density at radius 3 is 2.25 bits per heavy atom. The largest absolute Gasteiger partial charge is 0.460 e. The van der Waals surface area contributed by atoms with E-state index in [1.54, 1.807) is 27.0 Å². The van der Waals surface area contributed by atoms with Gasteiger partial charge in [-0.3, -0.25) is 19.2 Å². The van der Waals surface area contributed by atoms with Gasteiger partial charge in [0, 0.05) is 71.7 Å². The van der Waals surface area contributed by atoms with Gasteiger partial charge in [0.1, 0.15) is 36.2 Å². The monoisotopic (exact) mass is 1070 g/mol. The molecule has 17 nitrogen and oxygen atoms in total. The first-order valence-corrected chi connectivity index (χ1v) is 28.2. The van der Waals surface area contributed by atoms with Crippen LogP contribution in [-0.4, -0.2) is 173 Å². The van der Waals surface area contributed by atoms with Crippen LogP contribution in [0.2, 0.25) is 0 Å². The number of nitrogens with zero attached hydrogens (tertiary/aromatic N) is 1. The number of amides is 1. The first-order chi connectivity index (χ1) is 36.4. The normalized spacial score (nSPS) is 37.4. The predicted molar refractivity (Wildman–Crippen MR) is 285 cm³/mol. The maximum absolute atomic E-state index is 14.8. The average Bonchev–Trinajstić information content (AvgIpc) is 3.39. The molecule has 3 saturated heterocycles. The lowest BCUT2D eigenvalue weighted by molar-refractivity contribution is -0.277. The number of fused-ring (bicyclic) bond motifs is 3. The van der Waals surface area contributed by atoms with Crippen molar-refractivity contribution in [1.82, 2.24) is 4.90 Å². The van der Waals surface area contributed by atoms with E-state index in [0.717, 1.165) is 18.4 Å². The van der Waals surface area contributed by atoms with Crippen molar-refractivity contribution in [2.24, 2.45) is 35.5 Å². The number of carbonyl (C=O) groups excluding carboxylic acids is 5. The third-order valence-corrected chi connectivity index (χ3v) is 16.4. The molecule has 5 rings (SSSR count). The van der Waals surface area contributed by atoms with Crippen LogP contribution >= 0.6 is 0 Å². The van der Waals surface area contributed by atoms with Crippen LogP contribution in [0.1, 0.15) is 132 Å². The molecule has 430 valence electrons. The lowest BCUT2D eigenvalue weighted by atomic mass is 9.78. The number of aliphatic hydroxyl groups excluding tert-OH is 2. The van der Waals surface area contributed by atoms with Gasteiger partial charge in [-0.2, -0.15) is 0 Å². The van der Waals surface area contributed by atoms with Crippen LogP contribution in [0.25, 0.3) is 0 Å². The summed E-state index contributed by atoms with van der Waals surface area (Å²) in [6.07, 6.45) is 13.3. The number of rotatable bonds is 15. The van der Waals surface area contributed by atoms with E-state index in [1.165, 1.54) is 19.1 Å². The summed E-state index contributed by atoms with van der Waals surface area (Å²) in [5, 5.41) is 20.9. The molecule has 4 fully saturated rings. The van der Waals surface area contributed by atoms with Crippen LogP contribution in [0.3, 0.4) is 0 Å². The van der Waals surface area contributed by atoms with Crippen molar-refractivity contribution >= 4 is 29.2 Å². The molecule has 1 unspecified atom stereocenters. The van der Waals surface area contributed by atoms with Crippen LogP contribution < -0.4 is 0 Å². The number of hydrogen-bond donors (Lipinski definition) is 2. The van der Waals surface area contributed by atoms with Crippen LogP contribution in [0.4, 0.5) is 0 Å². The topological polar surface area (TPSA) is 212 Å². The predicted octanol–water partition coefficient (Wildman–Crippen LogP) is 7.03. The number of ether oxygens (including phenoxy) is 9. The van der Waals surface area contributed by atoms with E-state index in [9.17, 15) is 34.2 Å². The molecule has 0 aromatic carbocycles. The van der Waals surface area contributed by atoms with E-state index < -0.39 is 77.8 Å². The van der Waals surface area contributed by atoms with Gasteiger partial charge in [-0.05, 0) is 113 Å². The molecule has 0 radical (unpaired) electrons. The molecule has 5 aliphatic rings. The fourth-order valence-electron chi connectivity index (χ4n) is 11.5. The summed E-state index contributed by atoms with van der Waals surface area (Å²) in [5.74, 6) is -6.80. The molecule has 17 heteroatoms. The second-order valence-corrected chi connectivity index (χ2v) is 22.4. The number of carbonyl (C=O) groups is 5. The molecule has 1 amide bonds. The number of allylic oxidation sites excluding steroid dienone is 6. The van der Waals surface area contributed by atoms with Gasteiger partial charge in [0.05, 0.1) is 50.8 Å². The highest BCUT2D eigenvalue weighted by Gasteiger charge is 2.55. The van der Waals surface area contributed by atoms with E-state index in [0.29, 0.717) is 96.4 Å². The van der Waals surface area contributed by atoms with Gasteiger partial charge in [0.15, 0.2) is 5.78 Å². The van der Waals surface area contributed by atoms with Gasteiger partial charge in [-0.25, -0.2) is 4.79 Å². The molecule has 4 aliphatic heterocycles. The molecule has 76 heavy (non-hydrogen) atoms. The maximum atomic E-state index is 14.8. The first-order valence-electron chi connectivity index (χ1n) is 28.2. The second-order valence-electron chi connectivity index (χ2n) is 22.4. The molecule has 0 spiro atoms. The lowest BCUT2D eigenvalue weighted by Gasteiger charge is -2.45. The molecule has 2 N–H and O–H groups in total. The molecule has 15 atom stereocenters. The average molecular weight is 1070 g/mol. The maximum Gasteiger partial charge on any atom is 0.329 e. The number of Topliss-reactive ketones (excluding diaryl/α,β-unsaturated/α-hetero) is 3. The first kappa shape index (κ1) is 63.3. The fourth-order valence-corrected chi connectivity index (χ4v) is 11.5. The van der Waals surface area contributed by atoms with Gasteiger partial charge in [0.25, 0.3) is 11.7 Å². The second kappa shape index (κ2) is 31.3. The number of hydrogen-bond acceptors (Lipinski definition) is 16. The van der Waals surface area contributed by atoms with E-state index in [-0.39, 0.29) is 73.6 Å². The van der Waals surface area contributed by atoms with Crippen molar-refractivity contribution < 1.29 is 76.8 Å². The summed E-state index contributed by atoms with van der Waals surface area (Å²) in [6, 6.07) is -1.11. The van der Waals surface area contributed by atoms with Gasteiger partial charge < -0.3 is 57.7 Å². The van der Waals surface area contributed by atoms with Crippen molar-refractivity contribution in [2.75, 3.05) is 67.5 Å². The number of aliphatic hydroxyl groups is 2. The number of cyclic esters (lactones) is 1. The minimum atomic E-state index is -1.93. The Hall–Kier alpha value is -3.49. The summed E-state index contributed by atoms with van der Waals surface area (Å²) in [6.45, 7) is 15.3. The minimum Gasteiger partial charge on any atom is -0.460 e. The molecule has 0 aromatic heterocycles. The van der Waals surface area contributed by atoms with Crippen molar-refractivity contribution in [2.45, 2.75) is 193 Å². The Kier molecular flexibility index (Phi) is 26.1. The van der Waals surface area contributed by atoms with Gasteiger partial charge in [0.2, 0.25) is 5.79 Å². The third-order valence-electron chi connectivity index (χ3n) is 16.4. The number of piperidine rings is 1. The molecule has 0 aromatic rings. The molecule has 2 bridgehead atoms. The van der Waals surface area contributed by atoms with E-state index in [4.69, 9.17) is 42.6 Å². The van der Waals surface area contributed by atoms with Crippen molar-refractivity contribution in [3.8, 4) is 0 Å². The quantitative estimate of drug-likeness (QED) is 0.0730. The summed E-state index contributed by atoms with van der Waals surface area (Å²) in [7, 11) is 4.42. The Morgan fingerprint density at radius 1 is 0.816 bits per heavy atom. The minimum absolute atomic E-state index is 0.00491. The zero-order valence-electron chi connectivity index (χ0n) is 47.3. The molecule has 4 heterocycles. The van der Waals surface area contributed by atoms with Crippen LogP contribution in [0, 0.1) is 35.5 Å². The summed E-state index contributed by atoms with van der Waals surface area (Å²) < 4.78 is 54.3. The van der Waals surface area contributed by atoms with E-state index in [2.05, 4.69) is 0 Å². The summed E-state index contributed by atoms with van der Waals surface area (Å²) in [4.78, 5) is 73.8. The highest BCUT2D eigenvalue weighted by Crippen LogP contribution is 2.40. The fraction of sp³-hybridized carbons (Fsp3) is 0.780. The van der Waals surface area contributed by atoms with E-state index >= 15 is 0 Å². The number of esters is 1. The smallest absolute Gasteiger partial charge is 0.329 e. The molecular weight excluding hydrogens is 979 g/mol. The SMILES string of the molecule is CO[C@@H]1C[C@H](C[C@@H](C)[C@@H]2CC(=O)C(C)/C=C(\C)[C@@H](O)[C@@H](OC)C(=O)[C@H](C)C[C@H](C)/C=C/C=C/C=C(\C)[C@H](OCCOC3COC3)C[C@@H]3CC[C@@H](C)[C@@](OC)(O3)C(=O)C(=O)N3CCCC[C@H]3C(=O)O2)CC[C@H]1OCCCO.